The molecule has 0 unspecified atom stereocenters. The molecule has 0 fully saturated rings. The molecule has 1 heterocycles. The van der Waals surface area contributed by atoms with Gasteiger partial charge in [0.1, 0.15) is 11.6 Å². The van der Waals surface area contributed by atoms with Crippen LogP contribution in [0.2, 0.25) is 0 Å². The van der Waals surface area contributed by atoms with Crippen molar-refractivity contribution in [3.8, 4) is 11.1 Å². The second-order valence-electron chi connectivity index (χ2n) is 2.86. The van der Waals surface area contributed by atoms with Crippen molar-refractivity contribution in [2.24, 2.45) is 0 Å². The second-order valence-corrected chi connectivity index (χ2v) is 4.45. The lowest BCUT2D eigenvalue weighted by atomic mass is 10.1. The highest BCUT2D eigenvalue weighted by molar-refractivity contribution is 9.08. The topological polar surface area (TPSA) is 44.0 Å². The lowest BCUT2D eigenvalue weighted by Crippen LogP contribution is -1.77. The van der Waals surface area contributed by atoms with Crippen molar-refractivity contribution >= 4 is 37.4 Å². The van der Waals surface area contributed by atoms with E-state index in [4.69, 9.17) is 5.26 Å². The van der Waals surface area contributed by atoms with Crippen LogP contribution >= 0.6 is 27.3 Å². The van der Waals surface area contributed by atoms with Crippen LogP contribution in [0.1, 0.15) is 11.1 Å². The van der Waals surface area contributed by atoms with Gasteiger partial charge in [-0.15, -0.1) is 0 Å². The molecule has 2 aromatic rings. The van der Waals surface area contributed by atoms with Gasteiger partial charge in [-0.25, -0.2) is 0 Å². The van der Waals surface area contributed by atoms with Gasteiger partial charge < -0.3 is 5.11 Å². The quantitative estimate of drug-likeness (QED) is 0.806. The van der Waals surface area contributed by atoms with Gasteiger partial charge in [-0.1, -0.05) is 33.3 Å². The number of aromatic hydroxyl groups is 1. The van der Waals surface area contributed by atoms with Crippen molar-refractivity contribution in [1.29, 1.82) is 5.26 Å². The molecule has 0 spiro atoms. The molecule has 0 saturated heterocycles. The Morgan fingerprint density at radius 1 is 1.50 bits per heavy atom. The van der Waals surface area contributed by atoms with Crippen LogP contribution in [-0.2, 0) is 5.33 Å². The van der Waals surface area contributed by atoms with E-state index in [9.17, 15) is 5.11 Å². The molecule has 0 aliphatic carbocycles. The number of alkyl halides is 1. The summed E-state index contributed by atoms with van der Waals surface area (Å²) in [5.74, 6) is 0. The third kappa shape index (κ3) is 1.39. The summed E-state index contributed by atoms with van der Waals surface area (Å²) in [4.78, 5) is 0. The lowest BCUT2D eigenvalue weighted by molar-refractivity contribution is 0.490. The predicted molar refractivity (Wildman–Crippen MR) is 60.8 cm³/mol. The van der Waals surface area contributed by atoms with Crippen LogP contribution < -0.4 is 0 Å². The minimum absolute atomic E-state index is 0.106. The van der Waals surface area contributed by atoms with Gasteiger partial charge in [-0.3, -0.25) is 0 Å². The molecule has 0 amide bonds. The van der Waals surface area contributed by atoms with Crippen molar-refractivity contribution < 1.29 is 5.11 Å². The molecule has 0 aliphatic heterocycles. The molecule has 0 bridgehead atoms. The zero-order chi connectivity index (χ0) is 10.1. The SMILES string of the molecule is N#Cc1c(O)sc2ccc(CBr)cc12. The zero-order valence-corrected chi connectivity index (χ0v) is 9.52. The third-order valence-electron chi connectivity index (χ3n) is 2.00. The predicted octanol–water partition coefficient (Wildman–Crippen LogP) is 3.37. The molecule has 0 aliphatic rings. The van der Waals surface area contributed by atoms with Gasteiger partial charge in [-0.2, -0.15) is 5.26 Å². The van der Waals surface area contributed by atoms with Crippen LogP contribution in [0.3, 0.4) is 0 Å². The standard InChI is InChI=1S/C10H6BrNOS/c11-4-6-1-2-9-7(3-6)8(5-12)10(13)14-9/h1-3,13H,4H2. The number of nitriles is 1. The third-order valence-corrected chi connectivity index (χ3v) is 3.62. The van der Waals surface area contributed by atoms with Gasteiger partial charge in [0.05, 0.1) is 0 Å². The fourth-order valence-corrected chi connectivity index (χ4v) is 2.54. The Labute approximate surface area is 93.5 Å². The number of hydrogen-bond acceptors (Lipinski definition) is 3. The van der Waals surface area contributed by atoms with E-state index in [2.05, 4.69) is 15.9 Å². The number of hydrogen-bond donors (Lipinski definition) is 1. The van der Waals surface area contributed by atoms with E-state index < -0.39 is 0 Å². The van der Waals surface area contributed by atoms with E-state index >= 15 is 0 Å². The second kappa shape index (κ2) is 3.60. The number of fused-ring (bicyclic) bond motifs is 1. The van der Waals surface area contributed by atoms with Crippen LogP contribution in [0.5, 0.6) is 5.06 Å². The summed E-state index contributed by atoms with van der Waals surface area (Å²) in [5, 5.41) is 20.0. The molecular weight excluding hydrogens is 262 g/mol. The van der Waals surface area contributed by atoms with Crippen molar-refractivity contribution in [1.82, 2.24) is 0 Å². The smallest absolute Gasteiger partial charge is 0.190 e. The highest BCUT2D eigenvalue weighted by Gasteiger charge is 2.10. The Morgan fingerprint density at radius 3 is 2.93 bits per heavy atom. The fourth-order valence-electron chi connectivity index (χ4n) is 1.32. The number of halogens is 1. The number of rotatable bonds is 1. The monoisotopic (exact) mass is 267 g/mol. The maximum absolute atomic E-state index is 9.48. The molecule has 70 valence electrons. The molecule has 0 atom stereocenters. The highest BCUT2D eigenvalue weighted by Crippen LogP contribution is 2.36. The highest BCUT2D eigenvalue weighted by atomic mass is 79.9. The molecule has 1 aromatic carbocycles. The van der Waals surface area contributed by atoms with Crippen molar-refractivity contribution in [2.75, 3.05) is 0 Å². The number of thiophene rings is 1. The van der Waals surface area contributed by atoms with Crippen molar-refractivity contribution in [3.05, 3.63) is 29.3 Å². The molecule has 1 aromatic heterocycles. The van der Waals surface area contributed by atoms with Crippen LogP contribution in [0.25, 0.3) is 10.1 Å². The largest absolute Gasteiger partial charge is 0.499 e. The van der Waals surface area contributed by atoms with E-state index in [0.717, 1.165) is 21.0 Å². The minimum Gasteiger partial charge on any atom is -0.499 e. The zero-order valence-electron chi connectivity index (χ0n) is 7.12. The van der Waals surface area contributed by atoms with Gasteiger partial charge >= 0.3 is 0 Å². The van der Waals surface area contributed by atoms with Crippen molar-refractivity contribution in [3.63, 3.8) is 0 Å². The summed E-state index contributed by atoms with van der Waals surface area (Å²) >= 11 is 4.59. The molecule has 14 heavy (non-hydrogen) atoms. The number of benzene rings is 1. The first kappa shape index (κ1) is 9.50. The summed E-state index contributed by atoms with van der Waals surface area (Å²) in [6.07, 6.45) is 0. The van der Waals surface area contributed by atoms with E-state index in [1.807, 2.05) is 24.3 Å². The maximum atomic E-state index is 9.48. The lowest BCUT2D eigenvalue weighted by Gasteiger charge is -1.94. The van der Waals surface area contributed by atoms with E-state index in [-0.39, 0.29) is 5.06 Å². The van der Waals surface area contributed by atoms with Gasteiger partial charge in [0, 0.05) is 15.4 Å². The molecule has 4 heteroatoms. The molecule has 1 N–H and O–H groups in total. The Bertz CT molecular complexity index is 527. The average Bonchev–Trinajstić information content (AvgIpc) is 2.52. The van der Waals surface area contributed by atoms with Crippen LogP contribution in [0.4, 0.5) is 0 Å². The molecule has 0 saturated carbocycles. The maximum Gasteiger partial charge on any atom is 0.190 e. The van der Waals surface area contributed by atoms with Gasteiger partial charge in [0.25, 0.3) is 0 Å². The number of nitrogens with zero attached hydrogens (tertiary/aromatic N) is 1. The average molecular weight is 268 g/mol. The van der Waals surface area contributed by atoms with Gasteiger partial charge in [0.2, 0.25) is 0 Å². The fraction of sp³-hybridized carbons (Fsp3) is 0.100. The summed E-state index contributed by atoms with van der Waals surface area (Å²) in [6, 6.07) is 7.85. The van der Waals surface area contributed by atoms with Crippen LogP contribution in [0.15, 0.2) is 18.2 Å². The minimum atomic E-state index is 0.106. The van der Waals surface area contributed by atoms with E-state index in [0.29, 0.717) is 5.56 Å². The Hall–Kier alpha value is -1.05. The molecule has 2 nitrogen and oxygen atoms in total. The summed E-state index contributed by atoms with van der Waals surface area (Å²) in [6.45, 7) is 0. The van der Waals surface area contributed by atoms with Gasteiger partial charge in [-0.05, 0) is 17.7 Å². The first-order valence-corrected chi connectivity index (χ1v) is 5.90. The summed E-state index contributed by atoms with van der Waals surface area (Å²) in [7, 11) is 0. The van der Waals surface area contributed by atoms with Crippen LogP contribution in [0, 0.1) is 11.3 Å². The first-order chi connectivity index (χ1) is 6.76. The summed E-state index contributed by atoms with van der Waals surface area (Å²) < 4.78 is 0.948. The Morgan fingerprint density at radius 2 is 2.29 bits per heavy atom. The van der Waals surface area contributed by atoms with E-state index in [1.165, 1.54) is 11.3 Å². The van der Waals surface area contributed by atoms with Crippen molar-refractivity contribution in [2.45, 2.75) is 5.33 Å². The Kier molecular flexibility index (Phi) is 2.44. The molecular formula is C10H6BrNOS. The van der Waals surface area contributed by atoms with E-state index in [1.54, 1.807) is 0 Å². The molecule has 2 rings (SSSR count). The van der Waals surface area contributed by atoms with Gasteiger partial charge in [0.15, 0.2) is 5.06 Å². The summed E-state index contributed by atoms with van der Waals surface area (Å²) in [5.41, 5.74) is 1.49. The first-order valence-electron chi connectivity index (χ1n) is 3.96. The Balaban J connectivity index is 2.79. The van der Waals surface area contributed by atoms with Crippen LogP contribution in [-0.4, -0.2) is 5.11 Å². The normalized spacial score (nSPS) is 10.3. The molecule has 0 radical (unpaired) electrons.